The van der Waals surface area contributed by atoms with Crippen molar-refractivity contribution in [1.82, 2.24) is 0 Å². The second-order valence-electron chi connectivity index (χ2n) is 0.730. The van der Waals surface area contributed by atoms with Gasteiger partial charge in [-0.1, -0.05) is 6.92 Å². The van der Waals surface area contributed by atoms with Crippen LogP contribution in [0.25, 0.3) is 0 Å². The summed E-state index contributed by atoms with van der Waals surface area (Å²) in [6, 6.07) is 0. The zero-order valence-corrected chi connectivity index (χ0v) is 4.19. The summed E-state index contributed by atoms with van der Waals surface area (Å²) in [5.41, 5.74) is 1.72. The van der Waals surface area contributed by atoms with Crippen molar-refractivity contribution in [2.45, 2.75) is 13.3 Å². The van der Waals surface area contributed by atoms with Crippen LogP contribution >= 0.6 is 0 Å². The summed E-state index contributed by atoms with van der Waals surface area (Å²) in [5.74, 6) is 0. The van der Waals surface area contributed by atoms with E-state index in [-0.39, 0.29) is 9.02 Å². The molecule has 0 heterocycles. The second kappa shape index (κ2) is 3.89. The smallest absolute Gasteiger partial charge is 0.256 e. The van der Waals surface area contributed by atoms with Gasteiger partial charge in [0.25, 0.3) is 9.02 Å². The maximum absolute atomic E-state index is 9.50. The Balaban J connectivity index is 2.93. The molecule has 0 aliphatic heterocycles. The van der Waals surface area contributed by atoms with E-state index in [2.05, 4.69) is 0 Å². The van der Waals surface area contributed by atoms with Gasteiger partial charge in [-0.05, 0) is 12.1 Å². The highest BCUT2D eigenvalue weighted by molar-refractivity contribution is 6.33. The van der Waals surface area contributed by atoms with E-state index in [1.165, 1.54) is 0 Å². The molecular weight excluding hydrogens is 80.1 g/mol. The minimum absolute atomic E-state index is 0.217. The minimum atomic E-state index is -0.217. The molecule has 0 fully saturated rings. The average Bonchev–Trinajstić information content (AvgIpc) is 1.41. The standard InChI is InChI=1S/C3H6OSi/c1-2-3-5-4/h3H,2H2,1H3. The molecule has 0 unspecified atom stereocenters. The highest BCUT2D eigenvalue weighted by Crippen LogP contribution is 1.53. The van der Waals surface area contributed by atoms with Crippen LogP contribution in [0.4, 0.5) is 0 Å². The van der Waals surface area contributed by atoms with Gasteiger partial charge in [0.05, 0.1) is 0 Å². The van der Waals surface area contributed by atoms with Crippen LogP contribution in [-0.2, 0) is 4.46 Å². The molecule has 0 aliphatic rings. The van der Waals surface area contributed by atoms with Crippen molar-refractivity contribution in [3.8, 4) is 0 Å². The summed E-state index contributed by atoms with van der Waals surface area (Å²) in [7, 11) is -0.217. The van der Waals surface area contributed by atoms with Crippen molar-refractivity contribution in [1.29, 1.82) is 0 Å². The maximum Gasteiger partial charge on any atom is 0.256 e. The Labute approximate surface area is 33.5 Å². The molecule has 0 saturated heterocycles. The highest BCUT2D eigenvalue weighted by Gasteiger charge is 1.53. The van der Waals surface area contributed by atoms with Gasteiger partial charge < -0.3 is 4.46 Å². The highest BCUT2D eigenvalue weighted by atomic mass is 28.2. The molecule has 0 bridgehead atoms. The predicted molar refractivity (Wildman–Crippen MR) is 22.8 cm³/mol. The maximum atomic E-state index is 9.50. The van der Waals surface area contributed by atoms with Gasteiger partial charge in [-0.25, -0.2) is 0 Å². The van der Waals surface area contributed by atoms with Crippen LogP contribution in [0.3, 0.4) is 0 Å². The topological polar surface area (TPSA) is 17.1 Å². The fourth-order valence-corrected chi connectivity index (χ4v) is 0.250. The van der Waals surface area contributed by atoms with Crippen molar-refractivity contribution in [2.24, 2.45) is 0 Å². The Morgan fingerprint density at radius 1 is 2.00 bits per heavy atom. The van der Waals surface area contributed by atoms with Gasteiger partial charge in [-0.2, -0.15) is 0 Å². The van der Waals surface area contributed by atoms with Crippen LogP contribution < -0.4 is 0 Å². The first-order valence-electron chi connectivity index (χ1n) is 1.61. The lowest BCUT2D eigenvalue weighted by molar-refractivity contribution is 0.587. The van der Waals surface area contributed by atoms with E-state index in [9.17, 15) is 4.46 Å². The minimum Gasteiger partial charge on any atom is -0.326 e. The number of rotatable bonds is 1. The molecule has 1 nitrogen and oxygen atoms in total. The zero-order valence-electron chi connectivity index (χ0n) is 3.19. The summed E-state index contributed by atoms with van der Waals surface area (Å²) in [4.78, 5) is 0. The molecule has 0 aromatic heterocycles. The summed E-state index contributed by atoms with van der Waals surface area (Å²) < 4.78 is 9.50. The molecule has 0 aliphatic carbocycles. The van der Waals surface area contributed by atoms with E-state index >= 15 is 0 Å². The zero-order chi connectivity index (χ0) is 4.12. The molecule has 0 aromatic rings. The molecule has 0 radical (unpaired) electrons. The summed E-state index contributed by atoms with van der Waals surface area (Å²) in [5, 5.41) is 0. The molecule has 0 saturated carbocycles. The monoisotopic (exact) mass is 86.0 g/mol. The number of hydrogen-bond donors (Lipinski definition) is 0. The summed E-state index contributed by atoms with van der Waals surface area (Å²) >= 11 is 0. The molecule has 0 rings (SSSR count). The van der Waals surface area contributed by atoms with Gasteiger partial charge in [0.15, 0.2) is 0 Å². The molecule has 0 aromatic carbocycles. The van der Waals surface area contributed by atoms with E-state index in [0.29, 0.717) is 0 Å². The van der Waals surface area contributed by atoms with Crippen molar-refractivity contribution >= 4 is 14.7 Å². The Morgan fingerprint density at radius 2 is 2.60 bits per heavy atom. The summed E-state index contributed by atoms with van der Waals surface area (Å²) in [6.45, 7) is 1.96. The lowest BCUT2D eigenvalue weighted by Crippen LogP contribution is -1.64. The molecule has 2 heteroatoms. The summed E-state index contributed by atoms with van der Waals surface area (Å²) in [6.07, 6.45) is 0.919. The molecule has 0 N–H and O–H groups in total. The lowest BCUT2D eigenvalue weighted by Gasteiger charge is -1.56. The molecule has 0 amide bonds. The van der Waals surface area contributed by atoms with Crippen LogP contribution in [0.15, 0.2) is 0 Å². The fraction of sp³-hybridized carbons (Fsp3) is 0.667. The third-order valence-electron chi connectivity index (χ3n) is 0.287. The Kier molecular flexibility index (Phi) is 3.80. The van der Waals surface area contributed by atoms with E-state index < -0.39 is 0 Å². The van der Waals surface area contributed by atoms with Gasteiger partial charge >= 0.3 is 0 Å². The van der Waals surface area contributed by atoms with Gasteiger partial charge in [-0.15, -0.1) is 0 Å². The Morgan fingerprint density at radius 3 is 2.60 bits per heavy atom. The van der Waals surface area contributed by atoms with Gasteiger partial charge in [0.2, 0.25) is 0 Å². The first kappa shape index (κ1) is 4.89. The van der Waals surface area contributed by atoms with Crippen molar-refractivity contribution < 1.29 is 4.46 Å². The van der Waals surface area contributed by atoms with Gasteiger partial charge in [-0.3, -0.25) is 0 Å². The van der Waals surface area contributed by atoms with E-state index in [4.69, 9.17) is 0 Å². The predicted octanol–water partition coefficient (Wildman–Crippen LogP) is 0.248. The largest absolute Gasteiger partial charge is 0.326 e. The second-order valence-corrected chi connectivity index (χ2v) is 1.37. The van der Waals surface area contributed by atoms with E-state index in [1.54, 1.807) is 5.67 Å². The lowest BCUT2D eigenvalue weighted by atomic mass is 10.6. The third-order valence-corrected chi connectivity index (χ3v) is 0.862. The van der Waals surface area contributed by atoms with Crippen LogP contribution in [0.2, 0.25) is 0 Å². The Bertz CT molecular complexity index is 53.9. The normalized spacial score (nSPS) is 5.80. The van der Waals surface area contributed by atoms with Crippen molar-refractivity contribution in [2.75, 3.05) is 0 Å². The van der Waals surface area contributed by atoms with Crippen LogP contribution in [-0.4, -0.2) is 14.7 Å². The molecule has 0 atom stereocenters. The molecule has 0 spiro atoms. The quantitative estimate of drug-likeness (QED) is 0.418. The molecular formula is C3H6OSi. The average molecular weight is 86.2 g/mol. The third kappa shape index (κ3) is 3.89. The van der Waals surface area contributed by atoms with Crippen molar-refractivity contribution in [3.63, 3.8) is 0 Å². The first-order valence-corrected chi connectivity index (χ1v) is 2.59. The van der Waals surface area contributed by atoms with E-state index in [0.717, 1.165) is 6.42 Å². The molecule has 28 valence electrons. The molecule has 5 heavy (non-hydrogen) atoms. The number of hydrogen-bond acceptors (Lipinski definition) is 1. The van der Waals surface area contributed by atoms with Crippen LogP contribution in [0.5, 0.6) is 0 Å². The fourth-order valence-electron chi connectivity index (χ4n) is 0.0833. The van der Waals surface area contributed by atoms with Gasteiger partial charge in [0, 0.05) is 0 Å². The Hall–Kier alpha value is -0.113. The van der Waals surface area contributed by atoms with Crippen LogP contribution in [0, 0.1) is 0 Å². The first-order chi connectivity index (χ1) is 2.41. The SMILES string of the molecule is CCC=[Si]=O. The van der Waals surface area contributed by atoms with Crippen LogP contribution in [0.1, 0.15) is 13.3 Å². The van der Waals surface area contributed by atoms with E-state index in [1.807, 2.05) is 6.92 Å². The van der Waals surface area contributed by atoms with Crippen molar-refractivity contribution in [3.05, 3.63) is 0 Å². The van der Waals surface area contributed by atoms with Gasteiger partial charge in [0.1, 0.15) is 0 Å².